The average molecular weight is 205 g/mol. The molecule has 1 aromatic carbocycles. The molecule has 1 aromatic rings. The van der Waals surface area contributed by atoms with Gasteiger partial charge in [-0.25, -0.2) is 0 Å². The zero-order valence-corrected chi connectivity index (χ0v) is 8.49. The smallest absolute Gasteiger partial charge is 0.224 e. The van der Waals surface area contributed by atoms with Crippen LogP contribution in [0.5, 0.6) is 0 Å². The second kappa shape index (κ2) is 3.90. The number of anilines is 2. The summed E-state index contributed by atoms with van der Waals surface area (Å²) in [5.74, 6) is 0.252. The maximum atomic E-state index is 11.5. The van der Waals surface area contributed by atoms with Crippen LogP contribution in [0.1, 0.15) is 12.0 Å². The Kier molecular flexibility index (Phi) is 2.60. The number of nitrogens with one attached hydrogen (secondary N) is 1. The molecule has 0 saturated heterocycles. The van der Waals surface area contributed by atoms with E-state index in [1.807, 2.05) is 12.1 Å². The monoisotopic (exact) mass is 205 g/mol. The molecule has 4 heteroatoms. The number of nitrogen functional groups attached to an aromatic ring is 1. The molecule has 5 N–H and O–H groups in total. The van der Waals surface area contributed by atoms with Crippen molar-refractivity contribution < 1.29 is 4.79 Å². The fourth-order valence-electron chi connectivity index (χ4n) is 1.92. The van der Waals surface area contributed by atoms with Crippen LogP contribution in [0.2, 0.25) is 0 Å². The summed E-state index contributed by atoms with van der Waals surface area (Å²) in [7, 11) is 0. The van der Waals surface area contributed by atoms with E-state index in [9.17, 15) is 4.79 Å². The van der Waals surface area contributed by atoms with Gasteiger partial charge in [-0.3, -0.25) is 4.79 Å². The standard InChI is InChI=1S/C11H15N3O/c12-6-7-3-8-5-9(13)1-2-10(8)14-11(15)4-7/h1-2,5,7H,3-4,6,12-13H2,(H,14,15). The first-order valence-corrected chi connectivity index (χ1v) is 5.07. The number of fused-ring (bicyclic) bond motifs is 1. The van der Waals surface area contributed by atoms with Gasteiger partial charge in [-0.1, -0.05) is 0 Å². The van der Waals surface area contributed by atoms with Gasteiger partial charge in [0, 0.05) is 17.8 Å². The topological polar surface area (TPSA) is 81.1 Å². The molecule has 1 atom stereocenters. The number of carbonyl (C=O) groups excluding carboxylic acids is 1. The SMILES string of the molecule is NCC1CC(=O)Nc2ccc(N)cc2C1. The Hall–Kier alpha value is -1.55. The highest BCUT2D eigenvalue weighted by molar-refractivity contribution is 5.92. The number of amides is 1. The van der Waals surface area contributed by atoms with E-state index in [-0.39, 0.29) is 11.8 Å². The lowest BCUT2D eigenvalue weighted by Crippen LogP contribution is -2.20. The Morgan fingerprint density at radius 3 is 2.93 bits per heavy atom. The van der Waals surface area contributed by atoms with Gasteiger partial charge in [0.15, 0.2) is 0 Å². The number of hydrogen-bond donors (Lipinski definition) is 3. The average Bonchev–Trinajstić information content (AvgIpc) is 2.35. The maximum Gasteiger partial charge on any atom is 0.224 e. The van der Waals surface area contributed by atoms with Gasteiger partial charge in [0.1, 0.15) is 0 Å². The highest BCUT2D eigenvalue weighted by Gasteiger charge is 2.20. The zero-order valence-electron chi connectivity index (χ0n) is 8.49. The fraction of sp³-hybridized carbons (Fsp3) is 0.364. The van der Waals surface area contributed by atoms with Gasteiger partial charge >= 0.3 is 0 Å². The highest BCUT2D eigenvalue weighted by Crippen LogP contribution is 2.26. The second-order valence-electron chi connectivity index (χ2n) is 3.97. The van der Waals surface area contributed by atoms with Crippen LogP contribution < -0.4 is 16.8 Å². The van der Waals surface area contributed by atoms with E-state index in [0.717, 1.165) is 23.4 Å². The number of rotatable bonds is 1. The molecule has 0 spiro atoms. The molecule has 1 heterocycles. The maximum absolute atomic E-state index is 11.5. The Morgan fingerprint density at radius 1 is 1.40 bits per heavy atom. The van der Waals surface area contributed by atoms with Crippen molar-refractivity contribution in [3.63, 3.8) is 0 Å². The predicted molar refractivity (Wildman–Crippen MR) is 60.3 cm³/mol. The lowest BCUT2D eigenvalue weighted by Gasteiger charge is -2.10. The van der Waals surface area contributed by atoms with Crippen molar-refractivity contribution in [3.05, 3.63) is 23.8 Å². The van der Waals surface area contributed by atoms with Gasteiger partial charge in [0.25, 0.3) is 0 Å². The van der Waals surface area contributed by atoms with E-state index in [4.69, 9.17) is 11.5 Å². The first kappa shape index (κ1) is 9.98. The molecule has 1 aliphatic heterocycles. The predicted octanol–water partition coefficient (Wildman–Crippen LogP) is 0.728. The van der Waals surface area contributed by atoms with E-state index in [1.54, 1.807) is 6.07 Å². The summed E-state index contributed by atoms with van der Waals surface area (Å²) >= 11 is 0. The van der Waals surface area contributed by atoms with Crippen molar-refractivity contribution in [2.45, 2.75) is 12.8 Å². The fourth-order valence-corrected chi connectivity index (χ4v) is 1.92. The molecule has 1 aliphatic rings. The first-order valence-electron chi connectivity index (χ1n) is 5.07. The lowest BCUT2D eigenvalue weighted by atomic mass is 9.97. The molecular weight excluding hydrogens is 190 g/mol. The van der Waals surface area contributed by atoms with Gasteiger partial charge in [0.2, 0.25) is 5.91 Å². The molecular formula is C11H15N3O. The van der Waals surface area contributed by atoms with Gasteiger partial charge < -0.3 is 16.8 Å². The number of carbonyl (C=O) groups is 1. The molecule has 0 bridgehead atoms. The number of hydrogen-bond acceptors (Lipinski definition) is 3. The van der Waals surface area contributed by atoms with E-state index in [2.05, 4.69) is 5.32 Å². The molecule has 1 unspecified atom stereocenters. The Morgan fingerprint density at radius 2 is 2.20 bits per heavy atom. The third-order valence-electron chi connectivity index (χ3n) is 2.72. The Bertz CT molecular complexity index is 389. The van der Waals surface area contributed by atoms with Crippen molar-refractivity contribution >= 4 is 17.3 Å². The molecule has 2 rings (SSSR count). The van der Waals surface area contributed by atoms with Crippen LogP contribution in [-0.4, -0.2) is 12.5 Å². The summed E-state index contributed by atoms with van der Waals surface area (Å²) in [5, 5.41) is 2.86. The minimum absolute atomic E-state index is 0.0361. The molecule has 0 fully saturated rings. The first-order chi connectivity index (χ1) is 7.19. The van der Waals surface area contributed by atoms with E-state index < -0.39 is 0 Å². The van der Waals surface area contributed by atoms with Crippen molar-refractivity contribution in [1.82, 2.24) is 0 Å². The second-order valence-corrected chi connectivity index (χ2v) is 3.97. The van der Waals surface area contributed by atoms with E-state index in [1.165, 1.54) is 0 Å². The van der Waals surface area contributed by atoms with Crippen LogP contribution in [0.3, 0.4) is 0 Å². The normalized spacial score (nSPS) is 20.3. The molecule has 80 valence electrons. The van der Waals surface area contributed by atoms with Gasteiger partial charge in [-0.15, -0.1) is 0 Å². The quantitative estimate of drug-likeness (QED) is 0.591. The van der Waals surface area contributed by atoms with E-state index >= 15 is 0 Å². The molecule has 15 heavy (non-hydrogen) atoms. The summed E-state index contributed by atoms with van der Waals surface area (Å²) < 4.78 is 0. The molecule has 1 amide bonds. The van der Waals surface area contributed by atoms with Crippen LogP contribution in [0.25, 0.3) is 0 Å². The number of benzene rings is 1. The molecule has 0 saturated carbocycles. The van der Waals surface area contributed by atoms with Crippen molar-refractivity contribution in [2.75, 3.05) is 17.6 Å². The third-order valence-corrected chi connectivity index (χ3v) is 2.72. The molecule has 0 radical (unpaired) electrons. The van der Waals surface area contributed by atoms with Crippen molar-refractivity contribution in [1.29, 1.82) is 0 Å². The zero-order chi connectivity index (χ0) is 10.8. The minimum Gasteiger partial charge on any atom is -0.399 e. The van der Waals surface area contributed by atoms with Crippen molar-refractivity contribution in [2.24, 2.45) is 11.7 Å². The van der Waals surface area contributed by atoms with Crippen LogP contribution in [0.15, 0.2) is 18.2 Å². The summed E-state index contributed by atoms with van der Waals surface area (Å²) in [6.07, 6.45) is 1.31. The summed E-state index contributed by atoms with van der Waals surface area (Å²) in [6, 6.07) is 5.55. The minimum atomic E-state index is 0.0361. The molecule has 4 nitrogen and oxygen atoms in total. The molecule has 0 aliphatic carbocycles. The van der Waals surface area contributed by atoms with Crippen LogP contribution in [0, 0.1) is 5.92 Å². The summed E-state index contributed by atoms with van der Waals surface area (Å²) in [6.45, 7) is 0.529. The number of nitrogens with two attached hydrogens (primary N) is 2. The van der Waals surface area contributed by atoms with Crippen LogP contribution in [0.4, 0.5) is 11.4 Å². The third kappa shape index (κ3) is 2.10. The largest absolute Gasteiger partial charge is 0.399 e. The summed E-state index contributed by atoms with van der Waals surface area (Å²) in [4.78, 5) is 11.5. The lowest BCUT2D eigenvalue weighted by molar-refractivity contribution is -0.116. The van der Waals surface area contributed by atoms with Gasteiger partial charge in [0.05, 0.1) is 0 Å². The highest BCUT2D eigenvalue weighted by atomic mass is 16.1. The van der Waals surface area contributed by atoms with Crippen LogP contribution in [-0.2, 0) is 11.2 Å². The van der Waals surface area contributed by atoms with Crippen LogP contribution >= 0.6 is 0 Å². The van der Waals surface area contributed by atoms with E-state index in [0.29, 0.717) is 13.0 Å². The van der Waals surface area contributed by atoms with Gasteiger partial charge in [-0.05, 0) is 42.6 Å². The Labute approximate surface area is 88.6 Å². The Balaban J connectivity index is 2.36. The van der Waals surface area contributed by atoms with Gasteiger partial charge in [-0.2, -0.15) is 0 Å². The molecule has 0 aromatic heterocycles. The van der Waals surface area contributed by atoms with Crippen molar-refractivity contribution in [3.8, 4) is 0 Å². The summed E-state index contributed by atoms with van der Waals surface area (Å²) in [5.41, 5.74) is 14.0.